The van der Waals surface area contributed by atoms with E-state index in [1.54, 1.807) is 13.8 Å². The second kappa shape index (κ2) is 6.58. The molecule has 3 N–H and O–H groups in total. The van der Waals surface area contributed by atoms with Crippen LogP contribution in [0.5, 0.6) is 0 Å². The lowest BCUT2D eigenvalue weighted by Gasteiger charge is -2.20. The molecule has 0 unspecified atom stereocenters. The molecule has 0 aromatic rings. The number of hydrogen-bond donors (Lipinski definition) is 2. The molecular weight excluding hydrogens is 251 g/mol. The van der Waals surface area contributed by atoms with E-state index in [-0.39, 0.29) is 5.92 Å². The van der Waals surface area contributed by atoms with Gasteiger partial charge in [-0.3, -0.25) is 9.59 Å². The Morgan fingerprint density at radius 3 is 2.22 bits per heavy atom. The Morgan fingerprint density at radius 2 is 1.83 bits per heavy atom. The van der Waals surface area contributed by atoms with Gasteiger partial charge in [0.25, 0.3) is 0 Å². The van der Waals surface area contributed by atoms with Crippen LogP contribution in [0.2, 0.25) is 0 Å². The predicted octanol–water partition coefficient (Wildman–Crippen LogP) is 0.107. The lowest BCUT2D eigenvalue weighted by Crippen LogP contribution is -2.48. The highest BCUT2D eigenvalue weighted by Crippen LogP contribution is 2.15. The van der Waals surface area contributed by atoms with Crippen LogP contribution in [-0.2, 0) is 9.59 Å². The van der Waals surface area contributed by atoms with E-state index >= 15 is 0 Å². The molecule has 0 spiro atoms. The van der Waals surface area contributed by atoms with Gasteiger partial charge in [-0.05, 0) is 5.92 Å². The van der Waals surface area contributed by atoms with Gasteiger partial charge in [-0.2, -0.15) is 13.2 Å². The summed E-state index contributed by atoms with van der Waals surface area (Å²) in [6.07, 6.45) is -4.46. The molecule has 0 fully saturated rings. The first-order valence-corrected chi connectivity index (χ1v) is 5.38. The molecule has 0 bridgehead atoms. The SMILES string of the molecule is CC(C)[C@H](N)C(=O)NCC(=O)N(C)CC(F)(F)F. The second-order valence-corrected chi connectivity index (χ2v) is 4.35. The van der Waals surface area contributed by atoms with Crippen LogP contribution >= 0.6 is 0 Å². The van der Waals surface area contributed by atoms with E-state index in [4.69, 9.17) is 5.73 Å². The smallest absolute Gasteiger partial charge is 0.346 e. The highest BCUT2D eigenvalue weighted by molar-refractivity contribution is 5.87. The minimum atomic E-state index is -4.46. The average Bonchev–Trinajstić information content (AvgIpc) is 2.21. The zero-order valence-electron chi connectivity index (χ0n) is 10.5. The molecule has 0 aromatic heterocycles. The van der Waals surface area contributed by atoms with E-state index in [0.29, 0.717) is 4.90 Å². The lowest BCUT2D eigenvalue weighted by atomic mass is 10.1. The number of likely N-dealkylation sites (N-methyl/N-ethyl adjacent to an activating group) is 1. The maximum absolute atomic E-state index is 12.0. The van der Waals surface area contributed by atoms with Crippen molar-refractivity contribution in [3.05, 3.63) is 0 Å². The quantitative estimate of drug-likeness (QED) is 0.743. The van der Waals surface area contributed by atoms with Crippen molar-refractivity contribution in [2.75, 3.05) is 20.1 Å². The molecular formula is C10H18F3N3O2. The largest absolute Gasteiger partial charge is 0.406 e. The summed E-state index contributed by atoms with van der Waals surface area (Å²) in [5, 5.41) is 2.21. The van der Waals surface area contributed by atoms with Crippen LogP contribution in [0.15, 0.2) is 0 Å². The van der Waals surface area contributed by atoms with Gasteiger partial charge in [0.1, 0.15) is 6.54 Å². The Labute approximate surface area is 103 Å². The highest BCUT2D eigenvalue weighted by atomic mass is 19.4. The fourth-order valence-electron chi connectivity index (χ4n) is 1.08. The van der Waals surface area contributed by atoms with E-state index in [0.717, 1.165) is 7.05 Å². The number of alkyl halides is 3. The first kappa shape index (κ1) is 16.7. The van der Waals surface area contributed by atoms with Crippen molar-refractivity contribution in [3.63, 3.8) is 0 Å². The van der Waals surface area contributed by atoms with Crippen LogP contribution in [0.4, 0.5) is 13.2 Å². The Kier molecular flexibility index (Phi) is 6.10. The predicted molar refractivity (Wildman–Crippen MR) is 59.5 cm³/mol. The fourth-order valence-corrected chi connectivity index (χ4v) is 1.08. The molecule has 0 aliphatic heterocycles. The Hall–Kier alpha value is -1.31. The monoisotopic (exact) mass is 269 g/mol. The van der Waals surface area contributed by atoms with Gasteiger partial charge in [-0.25, -0.2) is 0 Å². The van der Waals surface area contributed by atoms with Crippen LogP contribution in [0.3, 0.4) is 0 Å². The van der Waals surface area contributed by atoms with Gasteiger partial charge in [0.15, 0.2) is 0 Å². The van der Waals surface area contributed by atoms with Crippen molar-refractivity contribution in [1.82, 2.24) is 10.2 Å². The molecule has 0 heterocycles. The summed E-state index contributed by atoms with van der Waals surface area (Å²) in [7, 11) is 1.02. The number of nitrogens with one attached hydrogen (secondary N) is 1. The molecule has 0 aromatic carbocycles. The summed E-state index contributed by atoms with van der Waals surface area (Å²) in [6.45, 7) is 1.60. The Morgan fingerprint density at radius 1 is 1.33 bits per heavy atom. The Bertz CT molecular complexity index is 305. The van der Waals surface area contributed by atoms with Gasteiger partial charge in [0, 0.05) is 7.05 Å². The zero-order chi connectivity index (χ0) is 14.5. The number of carbonyl (C=O) groups excluding carboxylic acids is 2. The third-order valence-electron chi connectivity index (χ3n) is 2.28. The molecule has 106 valence electrons. The molecule has 0 radical (unpaired) electrons. The average molecular weight is 269 g/mol. The van der Waals surface area contributed by atoms with Crippen molar-refractivity contribution >= 4 is 11.8 Å². The highest BCUT2D eigenvalue weighted by Gasteiger charge is 2.31. The van der Waals surface area contributed by atoms with E-state index in [1.165, 1.54) is 0 Å². The summed E-state index contributed by atoms with van der Waals surface area (Å²) < 4.78 is 36.0. The van der Waals surface area contributed by atoms with Gasteiger partial charge in [0.05, 0.1) is 12.6 Å². The van der Waals surface area contributed by atoms with Crippen molar-refractivity contribution in [1.29, 1.82) is 0 Å². The van der Waals surface area contributed by atoms with Crippen molar-refractivity contribution in [2.24, 2.45) is 11.7 Å². The van der Waals surface area contributed by atoms with Crippen LogP contribution in [0, 0.1) is 5.92 Å². The molecule has 5 nitrogen and oxygen atoms in total. The molecule has 0 saturated carbocycles. The number of amides is 2. The Balaban J connectivity index is 4.15. The van der Waals surface area contributed by atoms with Crippen molar-refractivity contribution < 1.29 is 22.8 Å². The van der Waals surface area contributed by atoms with E-state index < -0.39 is 37.1 Å². The summed E-state index contributed by atoms with van der Waals surface area (Å²) in [5.74, 6) is -1.50. The first-order chi connectivity index (χ1) is 8.04. The lowest BCUT2D eigenvalue weighted by molar-refractivity contribution is -0.158. The van der Waals surface area contributed by atoms with Gasteiger partial charge >= 0.3 is 6.18 Å². The van der Waals surface area contributed by atoms with Crippen LogP contribution in [0.1, 0.15) is 13.8 Å². The normalized spacial score (nSPS) is 13.3. The molecule has 0 saturated heterocycles. The standard InChI is InChI=1S/C10H18F3N3O2/c1-6(2)8(14)9(18)15-4-7(17)16(3)5-10(11,12)13/h6,8H,4-5,14H2,1-3H3,(H,15,18)/t8-/m0/s1. The zero-order valence-corrected chi connectivity index (χ0v) is 10.5. The minimum Gasteiger partial charge on any atom is -0.346 e. The number of halogens is 3. The molecule has 0 rings (SSSR count). The maximum atomic E-state index is 12.0. The number of carbonyl (C=O) groups is 2. The van der Waals surface area contributed by atoms with Crippen LogP contribution < -0.4 is 11.1 Å². The number of hydrogen-bond acceptors (Lipinski definition) is 3. The summed E-state index contributed by atoms with van der Waals surface area (Å²) in [6, 6.07) is -0.786. The minimum absolute atomic E-state index is 0.118. The molecule has 8 heteroatoms. The molecule has 18 heavy (non-hydrogen) atoms. The fraction of sp³-hybridized carbons (Fsp3) is 0.800. The van der Waals surface area contributed by atoms with Gasteiger partial charge in [-0.15, -0.1) is 0 Å². The third kappa shape index (κ3) is 6.43. The second-order valence-electron chi connectivity index (χ2n) is 4.35. The van der Waals surface area contributed by atoms with E-state index in [2.05, 4.69) is 5.32 Å². The molecule has 0 aliphatic rings. The number of nitrogens with two attached hydrogens (primary N) is 1. The van der Waals surface area contributed by atoms with E-state index in [9.17, 15) is 22.8 Å². The van der Waals surface area contributed by atoms with Gasteiger partial charge in [-0.1, -0.05) is 13.8 Å². The topological polar surface area (TPSA) is 75.4 Å². The third-order valence-corrected chi connectivity index (χ3v) is 2.28. The molecule has 1 atom stereocenters. The summed E-state index contributed by atoms with van der Waals surface area (Å²) >= 11 is 0. The number of nitrogens with zero attached hydrogens (tertiary/aromatic N) is 1. The number of rotatable bonds is 5. The van der Waals surface area contributed by atoms with Gasteiger partial charge in [0.2, 0.25) is 11.8 Å². The molecule has 2 amide bonds. The van der Waals surface area contributed by atoms with Crippen molar-refractivity contribution in [2.45, 2.75) is 26.1 Å². The summed E-state index contributed by atoms with van der Waals surface area (Å²) in [4.78, 5) is 23.2. The van der Waals surface area contributed by atoms with E-state index in [1.807, 2.05) is 0 Å². The van der Waals surface area contributed by atoms with Crippen molar-refractivity contribution in [3.8, 4) is 0 Å². The molecule has 0 aliphatic carbocycles. The van der Waals surface area contributed by atoms with Gasteiger partial charge < -0.3 is 16.0 Å². The van der Waals surface area contributed by atoms with Crippen LogP contribution in [0.25, 0.3) is 0 Å². The van der Waals surface area contributed by atoms with Crippen LogP contribution in [-0.4, -0.2) is 49.1 Å². The summed E-state index contributed by atoms with van der Waals surface area (Å²) in [5.41, 5.74) is 5.51. The first-order valence-electron chi connectivity index (χ1n) is 5.38. The maximum Gasteiger partial charge on any atom is 0.406 e.